The second-order valence-electron chi connectivity index (χ2n) is 6.20. The van der Waals surface area contributed by atoms with Crippen molar-refractivity contribution in [1.82, 2.24) is 9.88 Å². The molecule has 142 valence electrons. The third kappa shape index (κ3) is 4.34. The maximum atomic E-state index is 12.2. The van der Waals surface area contributed by atoms with Crippen LogP contribution in [0.1, 0.15) is 12.5 Å². The molecule has 1 heterocycles. The number of nitrogens with one attached hydrogen (secondary N) is 2. The Labute approximate surface area is 159 Å². The van der Waals surface area contributed by atoms with Gasteiger partial charge in [-0.05, 0) is 54.6 Å². The first-order chi connectivity index (χ1) is 13.1. The van der Waals surface area contributed by atoms with Crippen LogP contribution in [-0.2, 0) is 13.0 Å². The van der Waals surface area contributed by atoms with Gasteiger partial charge in [0.1, 0.15) is 0 Å². The number of methoxy groups -OCH3 is 2. The molecule has 0 aliphatic carbocycles. The third-order valence-electron chi connectivity index (χ3n) is 4.52. The predicted molar refractivity (Wildman–Crippen MR) is 108 cm³/mol. The molecule has 0 atom stereocenters. The molecule has 0 aliphatic heterocycles. The highest BCUT2D eigenvalue weighted by Gasteiger charge is 2.07. The van der Waals surface area contributed by atoms with Gasteiger partial charge < -0.3 is 24.7 Å². The van der Waals surface area contributed by atoms with Crippen LogP contribution in [0.5, 0.6) is 11.5 Å². The molecule has 6 heteroatoms. The van der Waals surface area contributed by atoms with Crippen LogP contribution in [0, 0.1) is 0 Å². The number of anilines is 1. The average molecular weight is 367 g/mol. The fourth-order valence-electron chi connectivity index (χ4n) is 3.07. The molecule has 2 N–H and O–H groups in total. The lowest BCUT2D eigenvalue weighted by atomic mass is 10.1. The number of rotatable bonds is 7. The number of nitrogens with zero attached hydrogens (tertiary/aromatic N) is 1. The minimum absolute atomic E-state index is 0.218. The Morgan fingerprint density at radius 3 is 2.59 bits per heavy atom. The lowest BCUT2D eigenvalue weighted by Crippen LogP contribution is -2.30. The maximum Gasteiger partial charge on any atom is 0.319 e. The zero-order valence-electron chi connectivity index (χ0n) is 15.9. The number of carbonyl (C=O) groups excluding carboxylic acids is 1. The van der Waals surface area contributed by atoms with E-state index in [1.54, 1.807) is 14.2 Å². The number of aryl methyl sites for hydroxylation is 1. The molecule has 3 rings (SSSR count). The second kappa shape index (κ2) is 8.49. The van der Waals surface area contributed by atoms with E-state index in [9.17, 15) is 4.79 Å². The molecule has 0 radical (unpaired) electrons. The normalized spacial score (nSPS) is 10.6. The van der Waals surface area contributed by atoms with E-state index in [-0.39, 0.29) is 6.03 Å². The summed E-state index contributed by atoms with van der Waals surface area (Å²) in [7, 11) is 3.22. The van der Waals surface area contributed by atoms with Gasteiger partial charge in [0.05, 0.1) is 19.7 Å². The van der Waals surface area contributed by atoms with Crippen molar-refractivity contribution in [2.45, 2.75) is 19.9 Å². The highest BCUT2D eigenvalue weighted by atomic mass is 16.5. The van der Waals surface area contributed by atoms with Gasteiger partial charge in [-0.2, -0.15) is 0 Å². The van der Waals surface area contributed by atoms with Crippen LogP contribution in [0.25, 0.3) is 10.9 Å². The first-order valence-electron chi connectivity index (χ1n) is 8.99. The van der Waals surface area contributed by atoms with Crippen LogP contribution in [-0.4, -0.2) is 31.4 Å². The van der Waals surface area contributed by atoms with E-state index in [1.807, 2.05) is 36.4 Å². The molecule has 2 aromatic carbocycles. The number of urea groups is 1. The fourth-order valence-corrected chi connectivity index (χ4v) is 3.07. The molecule has 0 saturated carbocycles. The molecule has 0 fully saturated rings. The highest BCUT2D eigenvalue weighted by Crippen LogP contribution is 2.27. The summed E-state index contributed by atoms with van der Waals surface area (Å²) in [6.07, 6.45) is 2.75. The molecule has 0 saturated heterocycles. The number of benzene rings is 2. The maximum absolute atomic E-state index is 12.2. The molecule has 0 spiro atoms. The Hall–Kier alpha value is -3.15. The Balaban J connectivity index is 1.55. The zero-order valence-corrected chi connectivity index (χ0v) is 15.9. The van der Waals surface area contributed by atoms with Crippen molar-refractivity contribution in [3.8, 4) is 11.5 Å². The molecule has 0 unspecified atom stereocenters. The fraction of sp³-hybridized carbons (Fsp3) is 0.286. The minimum Gasteiger partial charge on any atom is -0.493 e. The summed E-state index contributed by atoms with van der Waals surface area (Å²) in [6.45, 7) is 3.51. The standard InChI is InChI=1S/C21H25N3O3/c1-4-24-12-10-16-6-7-17(14-18(16)24)23-21(25)22-11-9-15-5-8-19(26-2)20(13-15)27-3/h5-8,10,12-14H,4,9,11H2,1-3H3,(H2,22,23,25). The number of amides is 2. The summed E-state index contributed by atoms with van der Waals surface area (Å²) in [5.74, 6) is 1.38. The molecule has 27 heavy (non-hydrogen) atoms. The molecular weight excluding hydrogens is 342 g/mol. The average Bonchev–Trinajstić information content (AvgIpc) is 3.10. The van der Waals surface area contributed by atoms with E-state index in [2.05, 4.69) is 34.4 Å². The molecule has 0 aliphatic rings. The van der Waals surface area contributed by atoms with Gasteiger partial charge >= 0.3 is 6.03 Å². The van der Waals surface area contributed by atoms with Gasteiger partial charge in [-0.25, -0.2) is 4.79 Å². The molecule has 0 bridgehead atoms. The second-order valence-corrected chi connectivity index (χ2v) is 6.20. The van der Waals surface area contributed by atoms with Crippen molar-refractivity contribution in [3.63, 3.8) is 0 Å². The largest absolute Gasteiger partial charge is 0.493 e. The van der Waals surface area contributed by atoms with Gasteiger partial charge in [-0.3, -0.25) is 0 Å². The summed E-state index contributed by atoms with van der Waals surface area (Å²) in [5, 5.41) is 6.94. The minimum atomic E-state index is -0.218. The smallest absolute Gasteiger partial charge is 0.319 e. The Kier molecular flexibility index (Phi) is 5.86. The first kappa shape index (κ1) is 18.6. The number of fused-ring (bicyclic) bond motifs is 1. The number of aromatic nitrogens is 1. The van der Waals surface area contributed by atoms with E-state index in [0.29, 0.717) is 24.5 Å². The molecule has 2 amide bonds. The van der Waals surface area contributed by atoms with E-state index < -0.39 is 0 Å². The van der Waals surface area contributed by atoms with Crippen molar-refractivity contribution in [1.29, 1.82) is 0 Å². The van der Waals surface area contributed by atoms with Gasteiger partial charge in [-0.15, -0.1) is 0 Å². The molecular formula is C21H25N3O3. The SMILES string of the molecule is CCn1ccc2ccc(NC(=O)NCCc3ccc(OC)c(OC)c3)cc21. The summed E-state index contributed by atoms with van der Waals surface area (Å²) >= 11 is 0. The van der Waals surface area contributed by atoms with Crippen molar-refractivity contribution < 1.29 is 14.3 Å². The van der Waals surface area contributed by atoms with Gasteiger partial charge in [-0.1, -0.05) is 12.1 Å². The Bertz CT molecular complexity index is 934. The number of carbonyl (C=O) groups is 1. The van der Waals surface area contributed by atoms with Crippen LogP contribution in [0.4, 0.5) is 10.5 Å². The van der Waals surface area contributed by atoms with Crippen LogP contribution in [0.15, 0.2) is 48.7 Å². The number of ether oxygens (including phenoxy) is 2. The quantitative estimate of drug-likeness (QED) is 0.662. The lowest BCUT2D eigenvalue weighted by molar-refractivity contribution is 0.252. The predicted octanol–water partition coefficient (Wildman–Crippen LogP) is 4.04. The third-order valence-corrected chi connectivity index (χ3v) is 4.52. The van der Waals surface area contributed by atoms with Gasteiger partial charge in [0.2, 0.25) is 0 Å². The van der Waals surface area contributed by atoms with Crippen molar-refractivity contribution in [3.05, 3.63) is 54.2 Å². The first-order valence-corrected chi connectivity index (χ1v) is 8.99. The van der Waals surface area contributed by atoms with E-state index in [0.717, 1.165) is 28.7 Å². The molecule has 3 aromatic rings. The van der Waals surface area contributed by atoms with Crippen LogP contribution >= 0.6 is 0 Å². The highest BCUT2D eigenvalue weighted by molar-refractivity contribution is 5.92. The summed E-state index contributed by atoms with van der Waals surface area (Å²) in [5.41, 5.74) is 2.95. The van der Waals surface area contributed by atoms with Gasteiger partial charge in [0.25, 0.3) is 0 Å². The molecule has 1 aromatic heterocycles. The molecule has 6 nitrogen and oxygen atoms in total. The van der Waals surface area contributed by atoms with Crippen LogP contribution < -0.4 is 20.1 Å². The van der Waals surface area contributed by atoms with Crippen molar-refractivity contribution in [2.24, 2.45) is 0 Å². The lowest BCUT2D eigenvalue weighted by Gasteiger charge is -2.11. The number of hydrogen-bond acceptors (Lipinski definition) is 3. The summed E-state index contributed by atoms with van der Waals surface area (Å²) in [4.78, 5) is 12.2. The van der Waals surface area contributed by atoms with Crippen molar-refractivity contribution >= 4 is 22.6 Å². The topological polar surface area (TPSA) is 64.5 Å². The zero-order chi connectivity index (χ0) is 19.2. The van der Waals surface area contributed by atoms with Crippen LogP contribution in [0.2, 0.25) is 0 Å². The monoisotopic (exact) mass is 367 g/mol. The van der Waals surface area contributed by atoms with Gasteiger partial charge in [0, 0.05) is 25.0 Å². The summed E-state index contributed by atoms with van der Waals surface area (Å²) < 4.78 is 12.7. The Morgan fingerprint density at radius 1 is 1.04 bits per heavy atom. The van der Waals surface area contributed by atoms with E-state index in [1.165, 1.54) is 0 Å². The van der Waals surface area contributed by atoms with Gasteiger partial charge in [0.15, 0.2) is 11.5 Å². The van der Waals surface area contributed by atoms with Crippen molar-refractivity contribution in [2.75, 3.05) is 26.1 Å². The summed E-state index contributed by atoms with van der Waals surface area (Å²) in [6, 6.07) is 13.5. The number of hydrogen-bond donors (Lipinski definition) is 2. The van der Waals surface area contributed by atoms with E-state index >= 15 is 0 Å². The van der Waals surface area contributed by atoms with Crippen LogP contribution in [0.3, 0.4) is 0 Å². The Morgan fingerprint density at radius 2 is 1.85 bits per heavy atom. The van der Waals surface area contributed by atoms with E-state index in [4.69, 9.17) is 9.47 Å².